The fraction of sp³-hybridized carbons (Fsp3) is 0.400. The van der Waals surface area contributed by atoms with E-state index in [1.54, 1.807) is 22.4 Å². The minimum atomic E-state index is -0.446. The van der Waals surface area contributed by atoms with Crippen molar-refractivity contribution >= 4 is 29.1 Å². The Morgan fingerprint density at radius 2 is 1.85 bits per heavy atom. The highest BCUT2D eigenvalue weighted by Crippen LogP contribution is 2.29. The number of benzene rings is 2. The number of carbonyl (C=O) groups is 3. The minimum absolute atomic E-state index is 0.144. The molecule has 0 unspecified atom stereocenters. The number of rotatable bonds is 3. The Morgan fingerprint density at radius 1 is 1.07 bits per heavy atom. The number of hydrogen-bond donors (Lipinski definition) is 2. The van der Waals surface area contributed by atoms with Gasteiger partial charge in [0.15, 0.2) is 18.1 Å². The molecular weight excluding hydrogens is 544 g/mol. The number of aryl methyl sites for hydroxylation is 1. The van der Waals surface area contributed by atoms with Gasteiger partial charge in [0.05, 0.1) is 24.7 Å². The summed E-state index contributed by atoms with van der Waals surface area (Å²) in [5, 5.41) is 8.65. The summed E-state index contributed by atoms with van der Waals surface area (Å²) in [5.74, 6) is 1.20. The van der Waals surface area contributed by atoms with E-state index in [0.717, 1.165) is 16.1 Å². The van der Waals surface area contributed by atoms with Crippen molar-refractivity contribution in [2.24, 2.45) is 0 Å². The van der Waals surface area contributed by atoms with Gasteiger partial charge in [0.25, 0.3) is 11.8 Å². The Bertz CT molecular complexity index is 1410. The second kappa shape index (κ2) is 12.6. The monoisotopic (exact) mass is 578 g/mol. The van der Waals surface area contributed by atoms with E-state index in [9.17, 15) is 14.4 Å². The van der Waals surface area contributed by atoms with Crippen LogP contribution in [0.5, 0.6) is 17.2 Å². The van der Waals surface area contributed by atoms with Crippen molar-refractivity contribution < 1.29 is 28.6 Å². The molecule has 5 aliphatic heterocycles. The summed E-state index contributed by atoms with van der Waals surface area (Å²) in [6.45, 7) is 4.89. The molecule has 6 heterocycles. The lowest BCUT2D eigenvalue weighted by molar-refractivity contribution is -0.123. The highest BCUT2D eigenvalue weighted by atomic mass is 32.1. The zero-order valence-electron chi connectivity index (χ0n) is 23.3. The maximum Gasteiger partial charge on any atom is 0.273 e. The molecule has 5 aliphatic rings. The largest absolute Gasteiger partial charge is 0.493 e. The van der Waals surface area contributed by atoms with Crippen molar-refractivity contribution in [2.75, 3.05) is 26.8 Å². The SMILES string of the molecule is COc1cc2ccc1OCC(=O)NCc1ccc(cc1)O[C@H]1CN(C(=O)c3csc(C(C)C)n3)C[C@@H]1NC(=O)CC2. The summed E-state index contributed by atoms with van der Waals surface area (Å²) in [4.78, 5) is 45.0. The molecule has 2 N–H and O–H groups in total. The molecule has 3 amide bonds. The third-order valence-electron chi connectivity index (χ3n) is 7.06. The third-order valence-corrected chi connectivity index (χ3v) is 8.21. The molecule has 3 aromatic rings. The van der Waals surface area contributed by atoms with E-state index in [2.05, 4.69) is 15.6 Å². The van der Waals surface area contributed by atoms with E-state index in [4.69, 9.17) is 14.2 Å². The summed E-state index contributed by atoms with van der Waals surface area (Å²) >= 11 is 1.48. The summed E-state index contributed by atoms with van der Waals surface area (Å²) in [5.41, 5.74) is 2.19. The number of ether oxygens (including phenoxy) is 3. The fourth-order valence-electron chi connectivity index (χ4n) is 4.79. The number of likely N-dealkylation sites (tertiary alicyclic amines) is 1. The van der Waals surface area contributed by atoms with Gasteiger partial charge in [0, 0.05) is 30.8 Å². The molecule has 0 saturated carbocycles. The summed E-state index contributed by atoms with van der Waals surface area (Å²) in [6, 6.07) is 12.4. The number of aromatic nitrogens is 1. The number of hydrogen-bond acceptors (Lipinski definition) is 8. The zero-order valence-corrected chi connectivity index (χ0v) is 24.2. The Kier molecular flexibility index (Phi) is 8.72. The average Bonchev–Trinajstić information content (AvgIpc) is 3.62. The second-order valence-electron chi connectivity index (χ2n) is 10.5. The van der Waals surface area contributed by atoms with Gasteiger partial charge < -0.3 is 29.7 Å². The first-order valence-corrected chi connectivity index (χ1v) is 14.5. The summed E-state index contributed by atoms with van der Waals surface area (Å²) < 4.78 is 17.4. The molecule has 4 bridgehead atoms. The molecule has 0 radical (unpaired) electrons. The molecule has 10 nitrogen and oxygen atoms in total. The van der Waals surface area contributed by atoms with Gasteiger partial charge in [-0.3, -0.25) is 14.4 Å². The molecule has 41 heavy (non-hydrogen) atoms. The number of carbonyl (C=O) groups excluding carboxylic acids is 3. The maximum atomic E-state index is 13.3. The Hall–Kier alpha value is -4.12. The number of amides is 3. The molecule has 1 aromatic heterocycles. The van der Waals surface area contributed by atoms with Gasteiger partial charge in [-0.05, 0) is 41.8 Å². The Labute approximate surface area is 243 Å². The first-order valence-electron chi connectivity index (χ1n) is 13.6. The van der Waals surface area contributed by atoms with Crippen LogP contribution in [0.3, 0.4) is 0 Å². The van der Waals surface area contributed by atoms with Gasteiger partial charge >= 0.3 is 0 Å². The van der Waals surface area contributed by atoms with Gasteiger partial charge in [-0.2, -0.15) is 0 Å². The van der Waals surface area contributed by atoms with Crippen LogP contribution in [0.1, 0.15) is 52.8 Å². The lowest BCUT2D eigenvalue weighted by atomic mass is 10.1. The van der Waals surface area contributed by atoms with Crippen LogP contribution in [-0.4, -0.2) is 66.6 Å². The molecule has 1 fully saturated rings. The molecule has 0 aliphatic carbocycles. The third kappa shape index (κ3) is 6.97. The van der Waals surface area contributed by atoms with Crippen LogP contribution in [0.15, 0.2) is 47.8 Å². The predicted octanol–water partition coefficient (Wildman–Crippen LogP) is 3.30. The molecule has 11 heteroatoms. The maximum absolute atomic E-state index is 13.3. The first kappa shape index (κ1) is 28.4. The number of nitrogens with one attached hydrogen (secondary N) is 2. The van der Waals surface area contributed by atoms with Gasteiger partial charge in [0.2, 0.25) is 5.91 Å². The van der Waals surface area contributed by atoms with Crippen molar-refractivity contribution in [1.82, 2.24) is 20.5 Å². The molecule has 2 atom stereocenters. The van der Waals surface area contributed by atoms with Gasteiger partial charge in [-0.1, -0.05) is 32.0 Å². The molecule has 216 valence electrons. The highest BCUT2D eigenvalue weighted by molar-refractivity contribution is 7.09. The lowest BCUT2D eigenvalue weighted by Crippen LogP contribution is -2.45. The highest BCUT2D eigenvalue weighted by Gasteiger charge is 2.38. The van der Waals surface area contributed by atoms with Crippen molar-refractivity contribution in [3.05, 3.63) is 69.7 Å². The molecule has 1 saturated heterocycles. The second-order valence-corrected chi connectivity index (χ2v) is 11.4. The smallest absolute Gasteiger partial charge is 0.273 e. The Balaban J connectivity index is 1.37. The van der Waals surface area contributed by atoms with Gasteiger partial charge in [0.1, 0.15) is 17.5 Å². The zero-order chi connectivity index (χ0) is 28.9. The number of nitrogens with zero attached hydrogens (tertiary/aromatic N) is 2. The normalized spacial score (nSPS) is 19.7. The number of methoxy groups -OCH3 is 1. The van der Waals surface area contributed by atoms with Crippen LogP contribution in [0, 0.1) is 0 Å². The van der Waals surface area contributed by atoms with E-state index in [-0.39, 0.29) is 36.7 Å². The quantitative estimate of drug-likeness (QED) is 0.490. The van der Waals surface area contributed by atoms with Crippen LogP contribution in [0.2, 0.25) is 0 Å². The van der Waals surface area contributed by atoms with E-state index in [1.807, 2.05) is 44.2 Å². The van der Waals surface area contributed by atoms with Crippen LogP contribution in [0.25, 0.3) is 0 Å². The Morgan fingerprint density at radius 3 is 2.59 bits per heavy atom. The standard InChI is InChI=1S/C30H34N4O6S/c1-18(2)29-33-23(17-41-29)30(37)34-14-22-26(15-34)40-21-8-4-20(5-9-21)13-31-28(36)16-39-24-10-6-19(12-25(24)38-3)7-11-27(35)32-22/h4-6,8-10,12,17-18,22,26H,7,11,13-16H2,1-3H3,(H,31,36)(H,32,35)/t22-,26-/m0/s1. The van der Waals surface area contributed by atoms with E-state index < -0.39 is 12.1 Å². The van der Waals surface area contributed by atoms with Crippen LogP contribution in [0.4, 0.5) is 0 Å². The average molecular weight is 579 g/mol. The summed E-state index contributed by atoms with van der Waals surface area (Å²) in [7, 11) is 1.53. The van der Waals surface area contributed by atoms with Crippen molar-refractivity contribution in [2.45, 2.75) is 51.3 Å². The van der Waals surface area contributed by atoms with Gasteiger partial charge in [-0.25, -0.2) is 4.98 Å². The van der Waals surface area contributed by atoms with E-state index >= 15 is 0 Å². The van der Waals surface area contributed by atoms with Crippen molar-refractivity contribution in [1.29, 1.82) is 0 Å². The van der Waals surface area contributed by atoms with E-state index in [0.29, 0.717) is 49.0 Å². The molecule has 0 spiro atoms. The van der Waals surface area contributed by atoms with Crippen molar-refractivity contribution in [3.8, 4) is 17.2 Å². The van der Waals surface area contributed by atoms with E-state index in [1.165, 1.54) is 18.4 Å². The lowest BCUT2D eigenvalue weighted by Gasteiger charge is -2.21. The van der Waals surface area contributed by atoms with Gasteiger partial charge in [-0.15, -0.1) is 11.3 Å². The van der Waals surface area contributed by atoms with Crippen molar-refractivity contribution in [3.63, 3.8) is 0 Å². The molecular formula is C30H34N4O6S. The van der Waals surface area contributed by atoms with Crippen LogP contribution >= 0.6 is 11.3 Å². The topological polar surface area (TPSA) is 119 Å². The fourth-order valence-corrected chi connectivity index (χ4v) is 5.60. The molecule has 8 rings (SSSR count). The minimum Gasteiger partial charge on any atom is -0.493 e. The summed E-state index contributed by atoms with van der Waals surface area (Å²) in [6.07, 6.45) is 0.266. The van der Waals surface area contributed by atoms with Crippen LogP contribution in [-0.2, 0) is 22.6 Å². The first-order chi connectivity index (χ1) is 19.8. The molecule has 2 aromatic carbocycles. The number of thiazole rings is 1. The van der Waals surface area contributed by atoms with Crippen LogP contribution < -0.4 is 24.8 Å². The predicted molar refractivity (Wildman–Crippen MR) is 154 cm³/mol.